The summed E-state index contributed by atoms with van der Waals surface area (Å²) in [5, 5.41) is 9.27. The molecule has 5 heteroatoms. The largest absolute Gasteiger partial charge is 0.497 e. The van der Waals surface area contributed by atoms with E-state index in [2.05, 4.69) is 0 Å². The molecule has 0 spiro atoms. The Bertz CT molecular complexity index is 563. The Kier molecular flexibility index (Phi) is 6.58. The molecular weight excluding hydrogens is 282 g/mol. The van der Waals surface area contributed by atoms with Crippen molar-refractivity contribution in [2.24, 2.45) is 11.8 Å². The molecule has 5 nitrogen and oxygen atoms in total. The number of carbonyl (C=O) groups is 2. The van der Waals surface area contributed by atoms with E-state index in [4.69, 9.17) is 9.47 Å². The van der Waals surface area contributed by atoms with Gasteiger partial charge in [0.05, 0.1) is 20.3 Å². The van der Waals surface area contributed by atoms with Gasteiger partial charge < -0.3 is 9.47 Å². The van der Waals surface area contributed by atoms with Crippen LogP contribution in [0, 0.1) is 23.2 Å². The Morgan fingerprint density at radius 3 is 1.95 bits per heavy atom. The van der Waals surface area contributed by atoms with E-state index < -0.39 is 11.7 Å². The SMILES string of the molecule is CCC(CC)C(=O)[C@H](C#N)C(=O)c1cc(OC)cc(OC)c1. The van der Waals surface area contributed by atoms with Crippen LogP contribution in [0.3, 0.4) is 0 Å². The van der Waals surface area contributed by atoms with E-state index in [1.54, 1.807) is 6.07 Å². The van der Waals surface area contributed by atoms with Crippen molar-refractivity contribution < 1.29 is 19.1 Å². The number of nitriles is 1. The summed E-state index contributed by atoms with van der Waals surface area (Å²) in [4.78, 5) is 24.9. The molecule has 22 heavy (non-hydrogen) atoms. The molecule has 0 unspecified atom stereocenters. The van der Waals surface area contributed by atoms with Crippen LogP contribution in [0.4, 0.5) is 0 Å². The smallest absolute Gasteiger partial charge is 0.187 e. The lowest BCUT2D eigenvalue weighted by Crippen LogP contribution is -2.28. The van der Waals surface area contributed by atoms with Crippen LogP contribution in [-0.4, -0.2) is 25.8 Å². The van der Waals surface area contributed by atoms with Crippen LogP contribution < -0.4 is 9.47 Å². The Morgan fingerprint density at radius 1 is 1.09 bits per heavy atom. The lowest BCUT2D eigenvalue weighted by molar-refractivity contribution is -0.124. The maximum absolute atomic E-state index is 12.5. The zero-order chi connectivity index (χ0) is 16.7. The van der Waals surface area contributed by atoms with E-state index in [0.717, 1.165) is 0 Å². The summed E-state index contributed by atoms with van der Waals surface area (Å²) in [7, 11) is 2.94. The van der Waals surface area contributed by atoms with E-state index in [0.29, 0.717) is 24.3 Å². The summed E-state index contributed by atoms with van der Waals surface area (Å²) in [5.74, 6) is -1.53. The highest BCUT2D eigenvalue weighted by atomic mass is 16.5. The number of ketones is 2. The van der Waals surface area contributed by atoms with Crippen molar-refractivity contribution in [1.82, 2.24) is 0 Å². The van der Waals surface area contributed by atoms with Gasteiger partial charge >= 0.3 is 0 Å². The molecule has 0 bridgehead atoms. The molecule has 1 aromatic carbocycles. The molecule has 0 heterocycles. The van der Waals surface area contributed by atoms with E-state index in [-0.39, 0.29) is 17.3 Å². The van der Waals surface area contributed by atoms with Gasteiger partial charge in [-0.3, -0.25) is 9.59 Å². The van der Waals surface area contributed by atoms with Gasteiger partial charge in [-0.1, -0.05) is 13.8 Å². The Morgan fingerprint density at radius 2 is 1.59 bits per heavy atom. The predicted molar refractivity (Wildman–Crippen MR) is 82.1 cm³/mol. The first-order valence-corrected chi connectivity index (χ1v) is 7.22. The third-order valence-corrected chi connectivity index (χ3v) is 3.70. The third-order valence-electron chi connectivity index (χ3n) is 3.70. The van der Waals surface area contributed by atoms with Crippen LogP contribution in [0.1, 0.15) is 37.0 Å². The van der Waals surface area contributed by atoms with E-state index in [1.807, 2.05) is 19.9 Å². The van der Waals surface area contributed by atoms with Crippen LogP contribution >= 0.6 is 0 Å². The highest BCUT2D eigenvalue weighted by molar-refractivity contribution is 6.13. The fourth-order valence-electron chi connectivity index (χ4n) is 2.29. The van der Waals surface area contributed by atoms with Crippen molar-refractivity contribution >= 4 is 11.6 Å². The minimum Gasteiger partial charge on any atom is -0.497 e. The van der Waals surface area contributed by atoms with Crippen molar-refractivity contribution in [1.29, 1.82) is 5.26 Å². The topological polar surface area (TPSA) is 76.4 Å². The van der Waals surface area contributed by atoms with Crippen LogP contribution in [0.25, 0.3) is 0 Å². The Balaban J connectivity index is 3.17. The first-order valence-electron chi connectivity index (χ1n) is 7.22. The van der Waals surface area contributed by atoms with Gasteiger partial charge in [0.25, 0.3) is 0 Å². The zero-order valence-corrected chi connectivity index (χ0v) is 13.4. The zero-order valence-electron chi connectivity index (χ0n) is 13.4. The lowest BCUT2D eigenvalue weighted by Gasteiger charge is -2.15. The molecule has 0 saturated heterocycles. The second-order valence-electron chi connectivity index (χ2n) is 4.94. The Hall–Kier alpha value is -2.35. The lowest BCUT2D eigenvalue weighted by atomic mass is 9.85. The number of benzene rings is 1. The summed E-state index contributed by atoms with van der Waals surface area (Å²) < 4.78 is 10.2. The van der Waals surface area contributed by atoms with Gasteiger partial charge in [0.15, 0.2) is 17.5 Å². The number of hydrogen-bond acceptors (Lipinski definition) is 5. The molecule has 0 aliphatic rings. The predicted octanol–water partition coefficient (Wildman–Crippen LogP) is 3.03. The molecule has 1 aromatic rings. The van der Waals surface area contributed by atoms with Gasteiger partial charge in [0, 0.05) is 17.5 Å². The number of methoxy groups -OCH3 is 2. The van der Waals surface area contributed by atoms with Crippen molar-refractivity contribution in [2.75, 3.05) is 14.2 Å². The van der Waals surface area contributed by atoms with Crippen molar-refractivity contribution in [3.8, 4) is 17.6 Å². The van der Waals surface area contributed by atoms with E-state index in [1.165, 1.54) is 26.4 Å². The van der Waals surface area contributed by atoms with Gasteiger partial charge in [-0.2, -0.15) is 5.26 Å². The molecule has 0 radical (unpaired) electrons. The minimum atomic E-state index is -1.29. The molecule has 0 aliphatic carbocycles. The molecule has 0 saturated carbocycles. The molecule has 0 aliphatic heterocycles. The number of Topliss-reactive ketones (excluding diaryl/α,β-unsaturated/α-hetero) is 2. The fraction of sp³-hybridized carbons (Fsp3) is 0.471. The molecule has 0 N–H and O–H groups in total. The molecule has 1 atom stereocenters. The highest BCUT2D eigenvalue weighted by Gasteiger charge is 2.31. The number of ether oxygens (including phenoxy) is 2. The van der Waals surface area contributed by atoms with Crippen molar-refractivity contribution in [2.45, 2.75) is 26.7 Å². The molecule has 0 aromatic heterocycles. The van der Waals surface area contributed by atoms with Crippen LogP contribution in [0.15, 0.2) is 18.2 Å². The van der Waals surface area contributed by atoms with Crippen molar-refractivity contribution in [3.63, 3.8) is 0 Å². The second kappa shape index (κ2) is 8.18. The summed E-state index contributed by atoms with van der Waals surface area (Å²) in [6, 6.07) is 6.49. The van der Waals surface area contributed by atoms with E-state index >= 15 is 0 Å². The average Bonchev–Trinajstić information content (AvgIpc) is 2.55. The van der Waals surface area contributed by atoms with Gasteiger partial charge in [-0.15, -0.1) is 0 Å². The van der Waals surface area contributed by atoms with E-state index in [9.17, 15) is 14.9 Å². The second-order valence-corrected chi connectivity index (χ2v) is 4.94. The number of hydrogen-bond donors (Lipinski definition) is 0. The standard InChI is InChI=1S/C17H21NO4/c1-5-11(6-2)16(19)15(10-18)17(20)12-7-13(21-3)9-14(8-12)22-4/h7-9,11,15H,5-6H2,1-4H3/t15-/m0/s1. The average molecular weight is 303 g/mol. The summed E-state index contributed by atoms with van der Waals surface area (Å²) in [5.41, 5.74) is 0.238. The maximum atomic E-state index is 12.5. The van der Waals surface area contributed by atoms with Crippen molar-refractivity contribution in [3.05, 3.63) is 23.8 Å². The van der Waals surface area contributed by atoms with Gasteiger partial charge in [0.1, 0.15) is 11.5 Å². The quantitative estimate of drug-likeness (QED) is 0.545. The minimum absolute atomic E-state index is 0.238. The maximum Gasteiger partial charge on any atom is 0.187 e. The summed E-state index contributed by atoms with van der Waals surface area (Å²) >= 11 is 0. The van der Waals surface area contributed by atoms with Crippen LogP contribution in [0.2, 0.25) is 0 Å². The van der Waals surface area contributed by atoms with Crippen LogP contribution in [-0.2, 0) is 4.79 Å². The first kappa shape index (κ1) is 17.7. The number of rotatable bonds is 8. The summed E-state index contributed by atoms with van der Waals surface area (Å²) in [6.07, 6.45) is 1.23. The van der Waals surface area contributed by atoms with Crippen LogP contribution in [0.5, 0.6) is 11.5 Å². The first-order chi connectivity index (χ1) is 10.5. The summed E-state index contributed by atoms with van der Waals surface area (Å²) in [6.45, 7) is 3.75. The molecule has 118 valence electrons. The fourth-order valence-corrected chi connectivity index (χ4v) is 2.29. The highest BCUT2D eigenvalue weighted by Crippen LogP contribution is 2.26. The third kappa shape index (κ3) is 3.85. The number of carbonyl (C=O) groups excluding carboxylic acids is 2. The normalized spacial score (nSPS) is 11.6. The monoisotopic (exact) mass is 303 g/mol. The van der Waals surface area contributed by atoms with Gasteiger partial charge in [-0.05, 0) is 25.0 Å². The molecular formula is C17H21NO4. The van der Waals surface area contributed by atoms with Gasteiger partial charge in [-0.25, -0.2) is 0 Å². The molecule has 0 amide bonds. The Labute approximate surface area is 130 Å². The molecule has 1 rings (SSSR count). The molecule has 0 fully saturated rings. The number of nitrogens with zero attached hydrogens (tertiary/aromatic N) is 1. The van der Waals surface area contributed by atoms with Gasteiger partial charge in [0.2, 0.25) is 0 Å².